The minimum absolute atomic E-state index is 0.152. The van der Waals surface area contributed by atoms with Crippen molar-refractivity contribution in [2.75, 3.05) is 7.11 Å². The van der Waals surface area contributed by atoms with Crippen molar-refractivity contribution in [1.82, 2.24) is 0 Å². The molecule has 0 aliphatic carbocycles. The van der Waals surface area contributed by atoms with Gasteiger partial charge < -0.3 is 20.1 Å². The van der Waals surface area contributed by atoms with Crippen LogP contribution in [-0.2, 0) is 23.9 Å². The van der Waals surface area contributed by atoms with Gasteiger partial charge in [0.2, 0.25) is 0 Å². The lowest BCUT2D eigenvalue weighted by atomic mass is 10.0. The zero-order chi connectivity index (χ0) is 23.2. The van der Waals surface area contributed by atoms with E-state index in [0.29, 0.717) is 12.8 Å². The minimum Gasteiger partial charge on any atom is -0.481 e. The molecule has 1 atom stereocenters. The molecule has 0 saturated carbocycles. The lowest BCUT2D eigenvalue weighted by molar-refractivity contribution is -0.142. The van der Waals surface area contributed by atoms with Crippen molar-refractivity contribution in [3.8, 4) is 0 Å². The number of methoxy groups -OCH3 is 1. The van der Waals surface area contributed by atoms with Crippen LogP contribution in [0.1, 0.15) is 103 Å². The van der Waals surface area contributed by atoms with Crippen LogP contribution in [0.25, 0.3) is 0 Å². The van der Waals surface area contributed by atoms with E-state index in [1.807, 2.05) is 0 Å². The van der Waals surface area contributed by atoms with E-state index >= 15 is 0 Å². The van der Waals surface area contributed by atoms with E-state index in [9.17, 15) is 19.2 Å². The number of carbonyl (C=O) groups excluding carboxylic acids is 1. The average molecular weight is 433 g/mol. The first-order valence-electron chi connectivity index (χ1n) is 10.9. The number of esters is 1. The lowest BCUT2D eigenvalue weighted by Crippen LogP contribution is -2.08. The molecule has 3 N–H and O–H groups in total. The van der Waals surface area contributed by atoms with E-state index in [1.165, 1.54) is 7.11 Å². The van der Waals surface area contributed by atoms with Gasteiger partial charge in [0.1, 0.15) is 0 Å². The van der Waals surface area contributed by atoms with E-state index in [-0.39, 0.29) is 24.7 Å². The summed E-state index contributed by atoms with van der Waals surface area (Å²) in [4.78, 5) is 41.6. The van der Waals surface area contributed by atoms with Gasteiger partial charge in [0.15, 0.2) is 0 Å². The summed E-state index contributed by atoms with van der Waals surface area (Å²) in [5, 5.41) is 25.4. The van der Waals surface area contributed by atoms with Gasteiger partial charge in [-0.25, -0.2) is 0 Å². The first-order chi connectivity index (χ1) is 14.2. The quantitative estimate of drug-likeness (QED) is 0.206. The fraction of sp³-hybridized carbons (Fsp3) is 0.818. The Kier molecular flexibility index (Phi) is 21.6. The number of hydrogen-bond acceptors (Lipinski definition) is 5. The molecule has 176 valence electrons. The van der Waals surface area contributed by atoms with Gasteiger partial charge in [0.25, 0.3) is 0 Å². The van der Waals surface area contributed by atoms with Crippen LogP contribution in [0.2, 0.25) is 0 Å². The summed E-state index contributed by atoms with van der Waals surface area (Å²) in [5.41, 5.74) is 0. The van der Waals surface area contributed by atoms with Crippen LogP contribution in [0, 0.1) is 5.92 Å². The number of ether oxygens (including phenoxy) is 1. The first-order valence-corrected chi connectivity index (χ1v) is 10.9. The maximum Gasteiger partial charge on any atom is 0.306 e. The second-order valence-electron chi connectivity index (χ2n) is 7.53. The van der Waals surface area contributed by atoms with Crippen molar-refractivity contribution in [3.05, 3.63) is 0 Å². The van der Waals surface area contributed by atoms with E-state index in [1.54, 1.807) is 6.92 Å². The molecule has 0 aromatic rings. The molecule has 0 amide bonds. The topological polar surface area (TPSA) is 138 Å². The summed E-state index contributed by atoms with van der Waals surface area (Å²) in [5.74, 6) is -2.61. The molecule has 0 saturated heterocycles. The zero-order valence-electron chi connectivity index (χ0n) is 18.6. The van der Waals surface area contributed by atoms with Crippen molar-refractivity contribution in [2.24, 2.45) is 5.92 Å². The van der Waals surface area contributed by atoms with Crippen LogP contribution < -0.4 is 0 Å². The van der Waals surface area contributed by atoms with Crippen molar-refractivity contribution >= 4 is 23.9 Å². The summed E-state index contributed by atoms with van der Waals surface area (Å²) in [6, 6.07) is 0. The van der Waals surface area contributed by atoms with Crippen molar-refractivity contribution < 1.29 is 39.2 Å². The second kappa shape index (κ2) is 21.6. The summed E-state index contributed by atoms with van der Waals surface area (Å²) in [6.07, 6.45) is 12.0. The Hall–Kier alpha value is -2.12. The molecule has 1 unspecified atom stereocenters. The standard InChI is InChI=1S/2C11H20O4/c1-15-11(14)9-7-5-3-2-4-6-8-10(12)13;1-9(11(14)15)7-5-3-2-4-6-8-10(12)13/h2-9H2,1H3,(H,12,13);9H,2-8H2,1H3,(H,12,13)(H,14,15). The third-order valence-corrected chi connectivity index (χ3v) is 4.70. The second-order valence-corrected chi connectivity index (χ2v) is 7.53. The first kappa shape index (κ1) is 30.1. The fourth-order valence-electron chi connectivity index (χ4n) is 2.74. The zero-order valence-corrected chi connectivity index (χ0v) is 18.6. The summed E-state index contributed by atoms with van der Waals surface area (Å²) in [6.45, 7) is 1.72. The van der Waals surface area contributed by atoms with Gasteiger partial charge in [-0.1, -0.05) is 58.3 Å². The van der Waals surface area contributed by atoms with E-state index in [4.69, 9.17) is 15.3 Å². The highest BCUT2D eigenvalue weighted by Gasteiger charge is 2.09. The molecule has 0 aromatic heterocycles. The molecule has 0 aliphatic heterocycles. The van der Waals surface area contributed by atoms with Crippen LogP contribution in [-0.4, -0.2) is 46.3 Å². The summed E-state index contributed by atoms with van der Waals surface area (Å²) in [7, 11) is 1.40. The molecule has 0 rings (SSSR count). The Morgan fingerprint density at radius 3 is 1.37 bits per heavy atom. The molecular weight excluding hydrogens is 392 g/mol. The van der Waals surface area contributed by atoms with Crippen LogP contribution in [0.3, 0.4) is 0 Å². The van der Waals surface area contributed by atoms with Gasteiger partial charge in [0, 0.05) is 19.3 Å². The maximum absolute atomic E-state index is 10.7. The number of rotatable bonds is 18. The fourth-order valence-corrected chi connectivity index (χ4v) is 2.74. The molecule has 30 heavy (non-hydrogen) atoms. The van der Waals surface area contributed by atoms with Crippen molar-refractivity contribution in [1.29, 1.82) is 0 Å². The van der Waals surface area contributed by atoms with E-state index < -0.39 is 17.9 Å². The minimum atomic E-state index is -0.741. The smallest absolute Gasteiger partial charge is 0.306 e. The highest BCUT2D eigenvalue weighted by Crippen LogP contribution is 2.12. The molecular formula is C22H40O8. The van der Waals surface area contributed by atoms with Crippen molar-refractivity contribution in [3.63, 3.8) is 0 Å². The number of carboxylic acid groups (broad SMARTS) is 3. The maximum atomic E-state index is 10.7. The van der Waals surface area contributed by atoms with Gasteiger partial charge in [-0.05, 0) is 25.7 Å². The largest absolute Gasteiger partial charge is 0.481 e. The SMILES string of the molecule is CC(CCCCCCCC(=O)O)C(=O)O.COC(=O)CCCCCCCCC(=O)O. The highest BCUT2D eigenvalue weighted by molar-refractivity contribution is 5.69. The normalized spacial score (nSPS) is 11.1. The van der Waals surface area contributed by atoms with Crippen molar-refractivity contribution in [2.45, 2.75) is 103 Å². The molecule has 0 bridgehead atoms. The number of carbonyl (C=O) groups is 4. The molecule has 0 aromatic carbocycles. The lowest BCUT2D eigenvalue weighted by Gasteiger charge is -2.05. The Labute approximate surface area is 180 Å². The van der Waals surface area contributed by atoms with E-state index in [2.05, 4.69) is 4.74 Å². The Morgan fingerprint density at radius 2 is 1.00 bits per heavy atom. The van der Waals surface area contributed by atoms with Crippen LogP contribution in [0.4, 0.5) is 0 Å². The van der Waals surface area contributed by atoms with Crippen LogP contribution >= 0.6 is 0 Å². The molecule has 0 spiro atoms. The Morgan fingerprint density at radius 1 is 0.633 bits per heavy atom. The molecule has 0 fully saturated rings. The predicted molar refractivity (Wildman–Crippen MR) is 113 cm³/mol. The Bertz CT molecular complexity index is 474. The molecule has 8 nitrogen and oxygen atoms in total. The van der Waals surface area contributed by atoms with Gasteiger partial charge in [0.05, 0.1) is 13.0 Å². The average Bonchev–Trinajstić information content (AvgIpc) is 2.68. The third-order valence-electron chi connectivity index (χ3n) is 4.70. The van der Waals surface area contributed by atoms with Crippen LogP contribution in [0.5, 0.6) is 0 Å². The monoisotopic (exact) mass is 432 g/mol. The molecule has 0 radical (unpaired) electrons. The van der Waals surface area contributed by atoms with E-state index in [0.717, 1.165) is 70.6 Å². The van der Waals surface area contributed by atoms with Crippen LogP contribution in [0.15, 0.2) is 0 Å². The molecule has 0 aliphatic rings. The summed E-state index contributed by atoms with van der Waals surface area (Å²) >= 11 is 0. The molecule has 0 heterocycles. The number of carboxylic acids is 3. The van der Waals surface area contributed by atoms with Gasteiger partial charge in [-0.15, -0.1) is 0 Å². The van der Waals surface area contributed by atoms with Gasteiger partial charge in [-0.2, -0.15) is 0 Å². The number of aliphatic carboxylic acids is 3. The Balaban J connectivity index is 0. The summed E-state index contributed by atoms with van der Waals surface area (Å²) < 4.78 is 4.52. The third kappa shape index (κ3) is 25.9. The number of unbranched alkanes of at least 4 members (excludes halogenated alkanes) is 9. The highest BCUT2D eigenvalue weighted by atomic mass is 16.5. The van der Waals surface area contributed by atoms with Gasteiger partial charge in [-0.3, -0.25) is 19.2 Å². The predicted octanol–water partition coefficient (Wildman–Crippen LogP) is 4.89. The van der Waals surface area contributed by atoms with Gasteiger partial charge >= 0.3 is 23.9 Å². The number of hydrogen-bond donors (Lipinski definition) is 3. The molecule has 8 heteroatoms.